The predicted molar refractivity (Wildman–Crippen MR) is 191 cm³/mol. The van der Waals surface area contributed by atoms with Crippen LogP contribution in [0.4, 0.5) is 0 Å². The highest BCUT2D eigenvalue weighted by atomic mass is 14.2. The first-order valence-corrected chi connectivity index (χ1v) is 15.5. The van der Waals surface area contributed by atoms with Crippen LogP contribution in [0.1, 0.15) is 26.3 Å². The Hall–Kier alpha value is -5.20. The van der Waals surface area contributed by atoms with Crippen LogP contribution in [0.3, 0.4) is 0 Å². The number of hydrogen-bond acceptors (Lipinski definition) is 0. The van der Waals surface area contributed by atoms with E-state index in [0.29, 0.717) is 0 Å². The minimum Gasteiger partial charge on any atom is -0.0622 e. The second-order valence-corrected chi connectivity index (χ2v) is 13.0. The van der Waals surface area contributed by atoms with E-state index in [1.54, 1.807) is 0 Å². The number of hydrogen-bond donors (Lipinski definition) is 0. The molecule has 0 aromatic heterocycles. The third-order valence-corrected chi connectivity index (χ3v) is 9.17. The Morgan fingerprint density at radius 2 is 0.795 bits per heavy atom. The van der Waals surface area contributed by atoms with Crippen molar-refractivity contribution in [3.63, 3.8) is 0 Å². The topological polar surface area (TPSA) is 0 Å². The summed E-state index contributed by atoms with van der Waals surface area (Å²) in [5, 5.41) is 10.1. The monoisotopic (exact) mass is 562 g/mol. The molecule has 0 radical (unpaired) electrons. The molecular weight excluding hydrogens is 528 g/mol. The molecule has 0 aliphatic heterocycles. The highest BCUT2D eigenvalue weighted by molar-refractivity contribution is 6.25. The van der Waals surface area contributed by atoms with Crippen molar-refractivity contribution in [2.24, 2.45) is 0 Å². The molecule has 0 atom stereocenters. The molecule has 0 saturated carbocycles. The maximum Gasteiger partial charge on any atom is -0.00197 e. The van der Waals surface area contributed by atoms with Gasteiger partial charge in [-0.05, 0) is 112 Å². The molecule has 0 aliphatic carbocycles. The van der Waals surface area contributed by atoms with Gasteiger partial charge < -0.3 is 0 Å². The summed E-state index contributed by atoms with van der Waals surface area (Å²) in [6.07, 6.45) is 0. The fraction of sp³-hybridized carbons (Fsp3) is 0.0909. The summed E-state index contributed by atoms with van der Waals surface area (Å²) in [5.74, 6) is 0. The third kappa shape index (κ3) is 4.38. The van der Waals surface area contributed by atoms with Gasteiger partial charge in [0.05, 0.1) is 0 Å². The van der Waals surface area contributed by atoms with Crippen molar-refractivity contribution in [2.75, 3.05) is 0 Å². The lowest BCUT2D eigenvalue weighted by molar-refractivity contribution is 0.590. The molecule has 8 aromatic carbocycles. The Balaban J connectivity index is 1.55. The van der Waals surface area contributed by atoms with E-state index in [4.69, 9.17) is 0 Å². The van der Waals surface area contributed by atoms with Crippen LogP contribution >= 0.6 is 0 Å². The van der Waals surface area contributed by atoms with E-state index >= 15 is 0 Å². The van der Waals surface area contributed by atoms with Crippen molar-refractivity contribution in [1.82, 2.24) is 0 Å². The summed E-state index contributed by atoms with van der Waals surface area (Å²) in [7, 11) is 0. The summed E-state index contributed by atoms with van der Waals surface area (Å²) >= 11 is 0. The van der Waals surface area contributed by atoms with E-state index in [2.05, 4.69) is 172 Å². The highest BCUT2D eigenvalue weighted by Crippen LogP contribution is 2.48. The Morgan fingerprint density at radius 1 is 0.341 bits per heavy atom. The molecule has 0 bridgehead atoms. The van der Waals surface area contributed by atoms with Gasteiger partial charge in [0.2, 0.25) is 0 Å². The molecule has 0 heteroatoms. The predicted octanol–water partition coefficient (Wildman–Crippen LogP) is 12.6. The molecule has 0 saturated heterocycles. The van der Waals surface area contributed by atoms with Crippen LogP contribution in [0.15, 0.2) is 152 Å². The van der Waals surface area contributed by atoms with Crippen molar-refractivity contribution in [3.8, 4) is 33.4 Å². The molecule has 0 amide bonds. The zero-order valence-corrected chi connectivity index (χ0v) is 25.4. The standard InChI is InChI=1S/C44H34/c1-44(2,3)35-23-21-30(22-24-35)42-36-19-11-12-20-37(36)43(41-28-34-18-10-9-17-33(34)27-40(41)42)39-26-32-16-8-7-15-31(32)25-38(39)29-13-5-4-6-14-29/h4-28H,1-3H3. The van der Waals surface area contributed by atoms with Crippen LogP contribution in [-0.4, -0.2) is 0 Å². The highest BCUT2D eigenvalue weighted by Gasteiger charge is 2.21. The molecule has 8 aromatic rings. The summed E-state index contributed by atoms with van der Waals surface area (Å²) in [4.78, 5) is 0. The van der Waals surface area contributed by atoms with Gasteiger partial charge in [-0.3, -0.25) is 0 Å². The Morgan fingerprint density at radius 3 is 1.36 bits per heavy atom. The van der Waals surface area contributed by atoms with E-state index in [1.807, 2.05) is 0 Å². The minimum absolute atomic E-state index is 0.104. The van der Waals surface area contributed by atoms with E-state index < -0.39 is 0 Å². The Kier molecular flexibility index (Phi) is 6.13. The van der Waals surface area contributed by atoms with Gasteiger partial charge in [0.25, 0.3) is 0 Å². The van der Waals surface area contributed by atoms with Crippen LogP contribution in [0, 0.1) is 0 Å². The van der Waals surface area contributed by atoms with Crippen LogP contribution in [0.5, 0.6) is 0 Å². The van der Waals surface area contributed by atoms with Crippen LogP contribution < -0.4 is 0 Å². The van der Waals surface area contributed by atoms with Gasteiger partial charge in [-0.1, -0.05) is 148 Å². The first kappa shape index (κ1) is 26.4. The van der Waals surface area contributed by atoms with E-state index in [0.717, 1.165) is 0 Å². The normalized spacial score (nSPS) is 12.0. The van der Waals surface area contributed by atoms with Crippen LogP contribution in [0.2, 0.25) is 0 Å². The molecule has 0 aliphatic rings. The van der Waals surface area contributed by atoms with Gasteiger partial charge in [0.15, 0.2) is 0 Å². The lowest BCUT2D eigenvalue weighted by Crippen LogP contribution is -2.10. The quantitative estimate of drug-likeness (QED) is 0.188. The van der Waals surface area contributed by atoms with Crippen LogP contribution in [-0.2, 0) is 5.41 Å². The molecule has 0 unspecified atom stereocenters. The van der Waals surface area contributed by atoms with Crippen LogP contribution in [0.25, 0.3) is 76.5 Å². The fourth-order valence-electron chi connectivity index (χ4n) is 6.91. The lowest BCUT2D eigenvalue weighted by atomic mass is 9.81. The molecule has 0 spiro atoms. The fourth-order valence-corrected chi connectivity index (χ4v) is 6.91. The van der Waals surface area contributed by atoms with Gasteiger partial charge in [-0.15, -0.1) is 0 Å². The van der Waals surface area contributed by atoms with Crippen molar-refractivity contribution < 1.29 is 0 Å². The SMILES string of the molecule is CC(C)(C)c1ccc(-c2c3ccccc3c(-c3cc4ccccc4cc3-c3ccccc3)c3cc4ccccc4cc23)cc1. The number of benzene rings is 8. The van der Waals surface area contributed by atoms with E-state index in [1.165, 1.54) is 82.0 Å². The van der Waals surface area contributed by atoms with Gasteiger partial charge in [0, 0.05) is 0 Å². The largest absolute Gasteiger partial charge is 0.0622 e. The molecule has 0 nitrogen and oxygen atoms in total. The maximum atomic E-state index is 2.42. The van der Waals surface area contributed by atoms with E-state index in [-0.39, 0.29) is 5.41 Å². The summed E-state index contributed by atoms with van der Waals surface area (Å²) in [6, 6.07) is 56.2. The van der Waals surface area contributed by atoms with Crippen molar-refractivity contribution >= 4 is 43.1 Å². The first-order valence-electron chi connectivity index (χ1n) is 15.5. The average Bonchev–Trinajstić information content (AvgIpc) is 3.06. The maximum absolute atomic E-state index is 2.42. The first-order chi connectivity index (χ1) is 21.5. The van der Waals surface area contributed by atoms with Gasteiger partial charge in [-0.25, -0.2) is 0 Å². The number of rotatable bonds is 3. The third-order valence-electron chi connectivity index (χ3n) is 9.17. The minimum atomic E-state index is 0.104. The van der Waals surface area contributed by atoms with Gasteiger partial charge in [0.1, 0.15) is 0 Å². The van der Waals surface area contributed by atoms with Crippen molar-refractivity contribution in [3.05, 3.63) is 157 Å². The summed E-state index contributed by atoms with van der Waals surface area (Å²) in [6.45, 7) is 6.84. The molecule has 0 N–H and O–H groups in total. The zero-order chi connectivity index (χ0) is 29.8. The smallest absolute Gasteiger partial charge is 0.00197 e. The average molecular weight is 563 g/mol. The molecule has 0 heterocycles. The molecule has 8 rings (SSSR count). The summed E-state index contributed by atoms with van der Waals surface area (Å²) in [5.41, 5.74) is 9.05. The second-order valence-electron chi connectivity index (χ2n) is 13.0. The van der Waals surface area contributed by atoms with Crippen molar-refractivity contribution in [1.29, 1.82) is 0 Å². The van der Waals surface area contributed by atoms with Crippen molar-refractivity contribution in [2.45, 2.75) is 26.2 Å². The lowest BCUT2D eigenvalue weighted by Gasteiger charge is -2.22. The molecular formula is C44H34. The Bertz CT molecular complexity index is 2330. The zero-order valence-electron chi connectivity index (χ0n) is 25.4. The van der Waals surface area contributed by atoms with Gasteiger partial charge >= 0.3 is 0 Å². The number of fused-ring (bicyclic) bond motifs is 4. The molecule has 44 heavy (non-hydrogen) atoms. The molecule has 210 valence electrons. The molecule has 0 fully saturated rings. The summed E-state index contributed by atoms with van der Waals surface area (Å²) < 4.78 is 0. The second kappa shape index (κ2) is 10.2. The van der Waals surface area contributed by atoms with E-state index in [9.17, 15) is 0 Å². The Labute approximate surface area is 259 Å². The van der Waals surface area contributed by atoms with Gasteiger partial charge in [-0.2, -0.15) is 0 Å².